The SMILES string of the molecule is COc1ccc(Br)cc1CSc1nnc(NCc2ccco2)s1. The summed E-state index contributed by atoms with van der Waals surface area (Å²) in [4.78, 5) is 0. The predicted molar refractivity (Wildman–Crippen MR) is 96.2 cm³/mol. The lowest BCUT2D eigenvalue weighted by atomic mass is 10.2. The van der Waals surface area contributed by atoms with Crippen LogP contribution in [-0.2, 0) is 12.3 Å². The molecule has 2 aromatic heterocycles. The summed E-state index contributed by atoms with van der Waals surface area (Å²) in [7, 11) is 1.68. The largest absolute Gasteiger partial charge is 0.496 e. The van der Waals surface area contributed by atoms with E-state index in [1.807, 2.05) is 24.3 Å². The molecule has 8 heteroatoms. The van der Waals surface area contributed by atoms with E-state index in [1.54, 1.807) is 25.1 Å². The Morgan fingerprint density at radius 3 is 3.04 bits per heavy atom. The van der Waals surface area contributed by atoms with Crippen LogP contribution in [0.15, 0.2) is 49.8 Å². The Bertz CT molecular complexity index is 762. The van der Waals surface area contributed by atoms with Gasteiger partial charge in [0.25, 0.3) is 0 Å². The first kappa shape index (κ1) is 16.4. The molecule has 3 aromatic rings. The summed E-state index contributed by atoms with van der Waals surface area (Å²) in [5.41, 5.74) is 1.12. The molecule has 0 aliphatic carbocycles. The average Bonchev–Trinajstić information content (AvgIpc) is 3.22. The molecular formula is C15H14BrN3O2S2. The second-order valence-corrected chi connectivity index (χ2v) is 7.67. The topological polar surface area (TPSA) is 60.2 Å². The Balaban J connectivity index is 1.58. The molecule has 1 N–H and O–H groups in total. The number of aromatic nitrogens is 2. The molecule has 0 aliphatic heterocycles. The van der Waals surface area contributed by atoms with Crippen LogP contribution >= 0.6 is 39.0 Å². The molecule has 1 aromatic carbocycles. The molecule has 0 radical (unpaired) electrons. The molecule has 23 heavy (non-hydrogen) atoms. The maximum absolute atomic E-state index is 5.38. The van der Waals surface area contributed by atoms with Crippen LogP contribution in [0.1, 0.15) is 11.3 Å². The highest BCUT2D eigenvalue weighted by Gasteiger charge is 2.09. The molecule has 3 rings (SSSR count). The zero-order chi connectivity index (χ0) is 16.1. The monoisotopic (exact) mass is 411 g/mol. The highest BCUT2D eigenvalue weighted by molar-refractivity contribution is 9.10. The van der Waals surface area contributed by atoms with Crippen molar-refractivity contribution in [1.29, 1.82) is 0 Å². The fourth-order valence-electron chi connectivity index (χ4n) is 1.91. The van der Waals surface area contributed by atoms with Gasteiger partial charge >= 0.3 is 0 Å². The van der Waals surface area contributed by atoms with Crippen LogP contribution in [0.4, 0.5) is 5.13 Å². The summed E-state index contributed by atoms with van der Waals surface area (Å²) in [6.45, 7) is 0.603. The number of hydrogen-bond acceptors (Lipinski definition) is 7. The Morgan fingerprint density at radius 2 is 2.26 bits per heavy atom. The molecule has 0 bridgehead atoms. The number of rotatable bonds is 7. The lowest BCUT2D eigenvalue weighted by molar-refractivity contribution is 0.411. The zero-order valence-corrected chi connectivity index (χ0v) is 15.5. The third-order valence-corrected chi connectivity index (χ3v) is 5.55. The predicted octanol–water partition coefficient (Wildman–Crippen LogP) is 4.81. The summed E-state index contributed by atoms with van der Waals surface area (Å²) in [5, 5.41) is 12.3. The van der Waals surface area contributed by atoms with Gasteiger partial charge in [0.15, 0.2) is 4.34 Å². The number of nitrogens with one attached hydrogen (secondary N) is 1. The van der Waals surface area contributed by atoms with Crippen molar-refractivity contribution in [2.75, 3.05) is 12.4 Å². The summed E-state index contributed by atoms with van der Waals surface area (Å²) in [5.74, 6) is 2.52. The van der Waals surface area contributed by atoms with Crippen molar-refractivity contribution in [3.05, 3.63) is 52.4 Å². The Kier molecular flexibility index (Phi) is 5.58. The number of hydrogen-bond donors (Lipinski definition) is 1. The smallest absolute Gasteiger partial charge is 0.206 e. The number of thioether (sulfide) groups is 1. The van der Waals surface area contributed by atoms with Crippen LogP contribution < -0.4 is 10.1 Å². The Labute approximate surface area is 150 Å². The fraction of sp³-hybridized carbons (Fsp3) is 0.200. The molecule has 120 valence electrons. The Hall–Kier alpha value is -1.51. The summed E-state index contributed by atoms with van der Waals surface area (Å²) >= 11 is 6.65. The van der Waals surface area contributed by atoms with Gasteiger partial charge in [-0.1, -0.05) is 39.0 Å². The van der Waals surface area contributed by atoms with E-state index in [2.05, 4.69) is 37.5 Å². The fourth-order valence-corrected chi connectivity index (χ4v) is 4.05. The third-order valence-electron chi connectivity index (χ3n) is 2.99. The molecule has 0 fully saturated rings. The lowest BCUT2D eigenvalue weighted by Gasteiger charge is -2.07. The van der Waals surface area contributed by atoms with E-state index in [9.17, 15) is 0 Å². The van der Waals surface area contributed by atoms with Crippen LogP contribution in [0.5, 0.6) is 5.75 Å². The van der Waals surface area contributed by atoms with Crippen molar-refractivity contribution in [3.63, 3.8) is 0 Å². The zero-order valence-electron chi connectivity index (χ0n) is 12.3. The van der Waals surface area contributed by atoms with E-state index < -0.39 is 0 Å². The van der Waals surface area contributed by atoms with E-state index in [0.717, 1.165) is 36.8 Å². The van der Waals surface area contributed by atoms with Crippen molar-refractivity contribution in [1.82, 2.24) is 10.2 Å². The number of halogens is 1. The van der Waals surface area contributed by atoms with Gasteiger partial charge in [0.2, 0.25) is 5.13 Å². The third kappa shape index (κ3) is 4.49. The van der Waals surface area contributed by atoms with E-state index in [-0.39, 0.29) is 0 Å². The quantitative estimate of drug-likeness (QED) is 0.563. The number of anilines is 1. The first-order valence-electron chi connectivity index (χ1n) is 6.79. The molecule has 0 spiro atoms. The van der Waals surface area contributed by atoms with Gasteiger partial charge in [0, 0.05) is 15.8 Å². The van der Waals surface area contributed by atoms with E-state index in [0.29, 0.717) is 6.54 Å². The van der Waals surface area contributed by atoms with Gasteiger partial charge < -0.3 is 14.5 Å². The molecule has 0 aliphatic rings. The second kappa shape index (κ2) is 7.85. The maximum Gasteiger partial charge on any atom is 0.206 e. The molecule has 0 unspecified atom stereocenters. The molecule has 0 saturated carbocycles. The number of methoxy groups -OCH3 is 1. The minimum atomic E-state index is 0.603. The minimum absolute atomic E-state index is 0.603. The van der Waals surface area contributed by atoms with E-state index in [4.69, 9.17) is 9.15 Å². The normalized spacial score (nSPS) is 10.7. The first-order valence-corrected chi connectivity index (χ1v) is 9.39. The molecule has 0 saturated heterocycles. The molecule has 5 nitrogen and oxygen atoms in total. The standard InChI is InChI=1S/C15H14BrN3O2S2/c1-20-13-5-4-11(16)7-10(13)9-22-15-19-18-14(23-15)17-8-12-3-2-6-21-12/h2-7H,8-9H2,1H3,(H,17,18). The van der Waals surface area contributed by atoms with Gasteiger partial charge in [-0.15, -0.1) is 10.2 Å². The summed E-state index contributed by atoms with van der Waals surface area (Å²) in [6, 6.07) is 9.76. The Morgan fingerprint density at radius 1 is 1.35 bits per heavy atom. The van der Waals surface area contributed by atoms with Gasteiger partial charge in [-0.05, 0) is 30.3 Å². The highest BCUT2D eigenvalue weighted by Crippen LogP contribution is 2.32. The van der Waals surface area contributed by atoms with Gasteiger partial charge in [-0.25, -0.2) is 0 Å². The van der Waals surface area contributed by atoms with E-state index in [1.165, 1.54) is 11.3 Å². The minimum Gasteiger partial charge on any atom is -0.496 e. The van der Waals surface area contributed by atoms with E-state index >= 15 is 0 Å². The van der Waals surface area contributed by atoms with Crippen LogP contribution in [0, 0.1) is 0 Å². The van der Waals surface area contributed by atoms with Gasteiger partial charge in [0.05, 0.1) is 19.9 Å². The van der Waals surface area contributed by atoms with Gasteiger partial charge in [-0.2, -0.15) is 0 Å². The highest BCUT2D eigenvalue weighted by atomic mass is 79.9. The maximum atomic E-state index is 5.38. The van der Waals surface area contributed by atoms with Crippen LogP contribution in [0.2, 0.25) is 0 Å². The van der Waals surface area contributed by atoms with Crippen LogP contribution in [0.25, 0.3) is 0 Å². The van der Waals surface area contributed by atoms with Gasteiger partial charge in [-0.3, -0.25) is 0 Å². The molecule has 2 heterocycles. The van der Waals surface area contributed by atoms with Crippen molar-refractivity contribution < 1.29 is 9.15 Å². The van der Waals surface area contributed by atoms with Gasteiger partial charge in [0.1, 0.15) is 11.5 Å². The van der Waals surface area contributed by atoms with Crippen molar-refractivity contribution >= 4 is 44.2 Å². The number of furan rings is 1. The van der Waals surface area contributed by atoms with Crippen LogP contribution in [-0.4, -0.2) is 17.3 Å². The first-order chi connectivity index (χ1) is 11.2. The van der Waals surface area contributed by atoms with Crippen molar-refractivity contribution in [2.24, 2.45) is 0 Å². The van der Waals surface area contributed by atoms with Crippen molar-refractivity contribution in [3.8, 4) is 5.75 Å². The second-order valence-electron chi connectivity index (χ2n) is 4.55. The number of benzene rings is 1. The molecule has 0 amide bonds. The summed E-state index contributed by atoms with van der Waals surface area (Å²) in [6.07, 6.45) is 1.66. The lowest BCUT2D eigenvalue weighted by Crippen LogP contribution is -1.96. The molecular weight excluding hydrogens is 398 g/mol. The summed E-state index contributed by atoms with van der Waals surface area (Å²) < 4.78 is 12.6. The number of nitrogens with zero attached hydrogens (tertiary/aromatic N) is 2. The molecule has 0 atom stereocenters. The van der Waals surface area contributed by atoms with Crippen molar-refractivity contribution in [2.45, 2.75) is 16.6 Å². The number of ether oxygens (including phenoxy) is 1. The average molecular weight is 412 g/mol. The van der Waals surface area contributed by atoms with Crippen LogP contribution in [0.3, 0.4) is 0 Å².